The molecule has 0 radical (unpaired) electrons. The normalized spacial score (nSPS) is 12.8. The standard InChI is InChI=1S/C25H24N6O.ClH/c26-15-17-7-8-27-24(11-17)30-25-14-20(18-3-4-18)13-21(29-25)19-5-6-23-22(12-19)28-16-31(23)9-1-2-10-32;/h5-8,11-14,16,18,32H,1-4,9-10H2,(H,27,29,30);1H. The number of aliphatic hydroxyl groups excluding tert-OH is 1. The zero-order valence-corrected chi connectivity index (χ0v) is 18.9. The van der Waals surface area contributed by atoms with Crippen LogP contribution in [0.3, 0.4) is 0 Å². The summed E-state index contributed by atoms with van der Waals surface area (Å²) in [6, 6.07) is 16.1. The molecule has 4 aromatic rings. The van der Waals surface area contributed by atoms with Crippen LogP contribution in [-0.2, 0) is 6.54 Å². The lowest BCUT2D eigenvalue weighted by molar-refractivity contribution is 0.281. The lowest BCUT2D eigenvalue weighted by Crippen LogP contribution is -1.99. The minimum Gasteiger partial charge on any atom is -0.396 e. The molecule has 0 amide bonds. The summed E-state index contributed by atoms with van der Waals surface area (Å²) < 4.78 is 2.13. The molecular weight excluding hydrogens is 436 g/mol. The van der Waals surface area contributed by atoms with Gasteiger partial charge in [-0.3, -0.25) is 0 Å². The molecule has 1 saturated carbocycles. The van der Waals surface area contributed by atoms with Crippen molar-refractivity contribution in [2.24, 2.45) is 0 Å². The van der Waals surface area contributed by atoms with Crippen LogP contribution in [0.5, 0.6) is 0 Å². The predicted octanol–water partition coefficient (Wildman–Crippen LogP) is 5.18. The highest BCUT2D eigenvalue weighted by Gasteiger charge is 2.25. The van der Waals surface area contributed by atoms with Crippen LogP contribution in [-0.4, -0.2) is 31.2 Å². The molecule has 0 unspecified atom stereocenters. The van der Waals surface area contributed by atoms with E-state index >= 15 is 0 Å². The highest BCUT2D eigenvalue weighted by Crippen LogP contribution is 2.42. The number of nitrogens with zero attached hydrogens (tertiary/aromatic N) is 5. The number of benzene rings is 1. The molecule has 2 N–H and O–H groups in total. The van der Waals surface area contributed by atoms with Crippen molar-refractivity contribution >= 4 is 35.1 Å². The number of hydrogen-bond donors (Lipinski definition) is 2. The Morgan fingerprint density at radius 3 is 2.73 bits per heavy atom. The van der Waals surface area contributed by atoms with Crippen LogP contribution in [0.4, 0.5) is 11.6 Å². The van der Waals surface area contributed by atoms with Gasteiger partial charge in [-0.25, -0.2) is 15.0 Å². The summed E-state index contributed by atoms with van der Waals surface area (Å²) in [5, 5.41) is 21.4. The van der Waals surface area contributed by atoms with Gasteiger partial charge in [0.1, 0.15) is 11.6 Å². The summed E-state index contributed by atoms with van der Waals surface area (Å²) in [6.45, 7) is 1.06. The Kier molecular flexibility index (Phi) is 6.87. The molecule has 1 aromatic carbocycles. The SMILES string of the molecule is Cl.N#Cc1ccnc(Nc2cc(C3CC3)cc(-c3ccc4c(c3)ncn4CCCCO)n2)c1. The predicted molar refractivity (Wildman–Crippen MR) is 131 cm³/mol. The Bertz CT molecular complexity index is 1310. The number of anilines is 2. The van der Waals surface area contributed by atoms with Gasteiger partial charge in [0.2, 0.25) is 0 Å². The van der Waals surface area contributed by atoms with Gasteiger partial charge in [0.25, 0.3) is 0 Å². The first-order valence-corrected chi connectivity index (χ1v) is 10.9. The molecule has 168 valence electrons. The van der Waals surface area contributed by atoms with Crippen molar-refractivity contribution in [1.82, 2.24) is 19.5 Å². The van der Waals surface area contributed by atoms with E-state index in [2.05, 4.69) is 56.3 Å². The molecule has 33 heavy (non-hydrogen) atoms. The van der Waals surface area contributed by atoms with E-state index in [1.54, 1.807) is 18.3 Å². The topological polar surface area (TPSA) is 99.7 Å². The number of hydrogen-bond acceptors (Lipinski definition) is 6. The van der Waals surface area contributed by atoms with Crippen molar-refractivity contribution in [2.45, 2.75) is 38.1 Å². The maximum Gasteiger partial charge on any atom is 0.132 e. The molecule has 1 aliphatic rings. The van der Waals surface area contributed by atoms with E-state index in [-0.39, 0.29) is 19.0 Å². The number of unbranched alkanes of at least 4 members (excludes halogenated alkanes) is 1. The van der Waals surface area contributed by atoms with Gasteiger partial charge >= 0.3 is 0 Å². The van der Waals surface area contributed by atoms with Crippen molar-refractivity contribution < 1.29 is 5.11 Å². The monoisotopic (exact) mass is 460 g/mol. The van der Waals surface area contributed by atoms with Crippen LogP contribution in [0.15, 0.2) is 55.0 Å². The number of aromatic nitrogens is 4. The highest BCUT2D eigenvalue weighted by molar-refractivity contribution is 5.85. The second kappa shape index (κ2) is 9.99. The van der Waals surface area contributed by atoms with E-state index in [0.29, 0.717) is 17.3 Å². The van der Waals surface area contributed by atoms with E-state index in [0.717, 1.165) is 47.5 Å². The van der Waals surface area contributed by atoms with Gasteiger partial charge in [-0.2, -0.15) is 5.26 Å². The minimum atomic E-state index is 0. The summed E-state index contributed by atoms with van der Waals surface area (Å²) in [5.41, 5.74) is 5.75. The average Bonchev–Trinajstić information content (AvgIpc) is 3.60. The van der Waals surface area contributed by atoms with Crippen LogP contribution < -0.4 is 5.32 Å². The molecule has 3 heterocycles. The lowest BCUT2D eigenvalue weighted by Gasteiger charge is -2.11. The average molecular weight is 461 g/mol. The number of nitriles is 1. The first-order chi connectivity index (χ1) is 15.7. The number of aliphatic hydroxyl groups is 1. The summed E-state index contributed by atoms with van der Waals surface area (Å²) in [7, 11) is 0. The number of pyridine rings is 2. The second-order valence-electron chi connectivity index (χ2n) is 8.18. The van der Waals surface area contributed by atoms with Crippen molar-refractivity contribution in [2.75, 3.05) is 11.9 Å². The quantitative estimate of drug-likeness (QED) is 0.351. The van der Waals surface area contributed by atoms with Crippen molar-refractivity contribution in [3.63, 3.8) is 0 Å². The molecule has 0 bridgehead atoms. The van der Waals surface area contributed by atoms with Crippen LogP contribution in [0.25, 0.3) is 22.3 Å². The van der Waals surface area contributed by atoms with Crippen molar-refractivity contribution in [3.05, 3.63) is 66.1 Å². The van der Waals surface area contributed by atoms with Crippen molar-refractivity contribution in [3.8, 4) is 17.3 Å². The number of imidazole rings is 1. The van der Waals surface area contributed by atoms with Gasteiger partial charge in [-0.15, -0.1) is 12.4 Å². The maximum absolute atomic E-state index is 9.15. The van der Waals surface area contributed by atoms with Gasteiger partial charge in [0.15, 0.2) is 0 Å². The van der Waals surface area contributed by atoms with Gasteiger partial charge in [0, 0.05) is 24.9 Å². The Morgan fingerprint density at radius 1 is 1.06 bits per heavy atom. The van der Waals surface area contributed by atoms with E-state index in [9.17, 15) is 0 Å². The van der Waals surface area contributed by atoms with E-state index in [1.807, 2.05) is 6.33 Å². The van der Waals surface area contributed by atoms with Gasteiger partial charge in [0.05, 0.1) is 34.7 Å². The number of aryl methyl sites for hydroxylation is 1. The summed E-state index contributed by atoms with van der Waals surface area (Å²) in [4.78, 5) is 13.7. The molecular formula is C25H25ClN6O. The number of rotatable bonds is 8. The van der Waals surface area contributed by atoms with Crippen LogP contribution in [0.1, 0.15) is 42.7 Å². The first kappa shape index (κ1) is 22.7. The third-order valence-electron chi connectivity index (χ3n) is 5.77. The van der Waals surface area contributed by atoms with Gasteiger partial charge in [-0.05, 0) is 73.6 Å². The zero-order chi connectivity index (χ0) is 21.9. The molecule has 0 saturated heterocycles. The summed E-state index contributed by atoms with van der Waals surface area (Å²) in [6.07, 6.45) is 7.59. The Hall–Kier alpha value is -3.47. The van der Waals surface area contributed by atoms with Crippen LogP contribution in [0.2, 0.25) is 0 Å². The fraction of sp³-hybridized carbons (Fsp3) is 0.280. The third kappa shape index (κ3) is 5.14. The van der Waals surface area contributed by atoms with E-state index < -0.39 is 0 Å². The van der Waals surface area contributed by atoms with Crippen LogP contribution >= 0.6 is 12.4 Å². The zero-order valence-electron chi connectivity index (χ0n) is 18.1. The Morgan fingerprint density at radius 2 is 1.94 bits per heavy atom. The Labute approximate surface area is 198 Å². The molecule has 1 aliphatic carbocycles. The van der Waals surface area contributed by atoms with Crippen molar-refractivity contribution in [1.29, 1.82) is 5.26 Å². The fourth-order valence-corrected chi connectivity index (χ4v) is 3.91. The third-order valence-corrected chi connectivity index (χ3v) is 5.77. The Balaban J connectivity index is 0.00000259. The number of nitrogens with one attached hydrogen (secondary N) is 1. The molecule has 1 fully saturated rings. The molecule has 0 atom stereocenters. The van der Waals surface area contributed by atoms with E-state index in [4.69, 9.17) is 15.4 Å². The fourth-order valence-electron chi connectivity index (χ4n) is 3.91. The molecule has 5 rings (SSSR count). The van der Waals surface area contributed by atoms with Gasteiger partial charge in [-0.1, -0.05) is 6.07 Å². The first-order valence-electron chi connectivity index (χ1n) is 10.9. The molecule has 8 heteroatoms. The number of fused-ring (bicyclic) bond motifs is 1. The second-order valence-corrected chi connectivity index (χ2v) is 8.18. The van der Waals surface area contributed by atoms with Crippen LogP contribution in [0, 0.1) is 11.3 Å². The van der Waals surface area contributed by atoms with E-state index in [1.165, 1.54) is 18.4 Å². The lowest BCUT2D eigenvalue weighted by atomic mass is 10.1. The minimum absolute atomic E-state index is 0. The summed E-state index contributed by atoms with van der Waals surface area (Å²) >= 11 is 0. The smallest absolute Gasteiger partial charge is 0.132 e. The van der Waals surface area contributed by atoms with Gasteiger partial charge < -0.3 is 15.0 Å². The largest absolute Gasteiger partial charge is 0.396 e. The highest BCUT2D eigenvalue weighted by atomic mass is 35.5. The maximum atomic E-state index is 9.15. The molecule has 7 nitrogen and oxygen atoms in total. The molecule has 0 aliphatic heterocycles. The molecule has 3 aromatic heterocycles. The number of halogens is 1. The summed E-state index contributed by atoms with van der Waals surface area (Å²) in [5.74, 6) is 1.90. The molecule has 0 spiro atoms.